The maximum atomic E-state index is 12.3. The van der Waals surface area contributed by atoms with E-state index < -0.39 is 0 Å². The highest BCUT2D eigenvalue weighted by molar-refractivity contribution is 5.97. The molecule has 1 aromatic heterocycles. The second-order valence-electron chi connectivity index (χ2n) is 4.08. The summed E-state index contributed by atoms with van der Waals surface area (Å²) >= 11 is 0. The van der Waals surface area contributed by atoms with Crippen molar-refractivity contribution in [3.8, 4) is 0 Å². The third kappa shape index (κ3) is 2.76. The molecule has 0 saturated heterocycles. The van der Waals surface area contributed by atoms with Gasteiger partial charge in [0.15, 0.2) is 0 Å². The monoisotopic (exact) mass is 240 g/mol. The molecule has 96 valence electrons. The van der Waals surface area contributed by atoms with Crippen LogP contribution in [0, 0.1) is 0 Å². The Hall–Kier alpha value is -1.56. The van der Waals surface area contributed by atoms with E-state index in [1.54, 1.807) is 9.58 Å². The number of rotatable bonds is 5. The van der Waals surface area contributed by atoms with Crippen LogP contribution in [0.4, 0.5) is 5.69 Å². The molecule has 6 heteroatoms. The molecule has 17 heavy (non-hydrogen) atoms. The summed E-state index contributed by atoms with van der Waals surface area (Å²) in [5, 5.41) is 13.0. The first-order chi connectivity index (χ1) is 8.02. The highest BCUT2D eigenvalue weighted by Gasteiger charge is 2.23. The minimum Gasteiger partial charge on any atom is -0.396 e. The minimum absolute atomic E-state index is 0.00857. The molecule has 0 aliphatic heterocycles. The highest BCUT2D eigenvalue weighted by Crippen LogP contribution is 2.15. The van der Waals surface area contributed by atoms with Gasteiger partial charge in [-0.1, -0.05) is 0 Å². The molecule has 0 fully saturated rings. The van der Waals surface area contributed by atoms with E-state index in [0.717, 1.165) is 0 Å². The molecule has 1 rings (SSSR count). The molecule has 0 aromatic carbocycles. The normalized spacial score (nSPS) is 10.9. The number of nitrogens with two attached hydrogens (primary N) is 1. The molecule has 1 heterocycles. The van der Waals surface area contributed by atoms with E-state index in [1.807, 2.05) is 20.8 Å². The van der Waals surface area contributed by atoms with Crippen LogP contribution in [0.25, 0.3) is 0 Å². The van der Waals surface area contributed by atoms with Gasteiger partial charge in [-0.2, -0.15) is 5.10 Å². The molecular weight excluding hydrogens is 220 g/mol. The Morgan fingerprint density at radius 2 is 2.29 bits per heavy atom. The fourth-order valence-corrected chi connectivity index (χ4v) is 1.71. The molecule has 0 radical (unpaired) electrons. The number of anilines is 1. The summed E-state index contributed by atoms with van der Waals surface area (Å²) in [4.78, 5) is 13.9. The van der Waals surface area contributed by atoms with Gasteiger partial charge in [-0.15, -0.1) is 0 Å². The fourth-order valence-electron chi connectivity index (χ4n) is 1.71. The standard InChI is InChI=1S/C11H20N4O2/c1-4-15-10(9(12)7-13-15)11(17)14(5-6-16)8(2)3/h7-8,16H,4-6,12H2,1-3H3. The number of carbonyl (C=O) groups is 1. The van der Waals surface area contributed by atoms with Crippen molar-refractivity contribution in [2.45, 2.75) is 33.4 Å². The number of hydrogen-bond donors (Lipinski definition) is 2. The number of aliphatic hydroxyl groups excluding tert-OH is 1. The summed E-state index contributed by atoms with van der Waals surface area (Å²) in [6, 6.07) is 0.00857. The quantitative estimate of drug-likeness (QED) is 0.776. The van der Waals surface area contributed by atoms with Crippen molar-refractivity contribution in [3.63, 3.8) is 0 Å². The second-order valence-corrected chi connectivity index (χ2v) is 4.08. The van der Waals surface area contributed by atoms with Crippen LogP contribution in [0.5, 0.6) is 0 Å². The third-order valence-electron chi connectivity index (χ3n) is 2.59. The predicted octanol–water partition coefficient (Wildman–Crippen LogP) is 0.328. The van der Waals surface area contributed by atoms with Crippen LogP contribution >= 0.6 is 0 Å². The maximum absolute atomic E-state index is 12.3. The number of hydrogen-bond acceptors (Lipinski definition) is 4. The summed E-state index contributed by atoms with van der Waals surface area (Å²) in [6.45, 7) is 6.51. The van der Waals surface area contributed by atoms with E-state index >= 15 is 0 Å². The predicted molar refractivity (Wildman–Crippen MR) is 65.6 cm³/mol. The van der Waals surface area contributed by atoms with E-state index in [0.29, 0.717) is 24.5 Å². The molecule has 1 amide bonds. The molecule has 0 aliphatic rings. The van der Waals surface area contributed by atoms with Crippen LogP contribution in [0.3, 0.4) is 0 Å². The SMILES string of the molecule is CCn1ncc(N)c1C(=O)N(CCO)C(C)C. The maximum Gasteiger partial charge on any atom is 0.274 e. The van der Waals surface area contributed by atoms with Crippen LogP contribution in [0.1, 0.15) is 31.3 Å². The van der Waals surface area contributed by atoms with E-state index in [2.05, 4.69) is 5.10 Å². The molecule has 0 atom stereocenters. The smallest absolute Gasteiger partial charge is 0.274 e. The molecule has 1 aromatic rings. The highest BCUT2D eigenvalue weighted by atomic mass is 16.3. The molecule has 0 bridgehead atoms. The molecule has 3 N–H and O–H groups in total. The van der Waals surface area contributed by atoms with Crippen molar-refractivity contribution in [3.05, 3.63) is 11.9 Å². The van der Waals surface area contributed by atoms with Gasteiger partial charge >= 0.3 is 0 Å². The van der Waals surface area contributed by atoms with Crippen LogP contribution < -0.4 is 5.73 Å². The number of aryl methyl sites for hydroxylation is 1. The lowest BCUT2D eigenvalue weighted by atomic mass is 10.2. The number of nitrogen functional groups attached to an aromatic ring is 1. The van der Waals surface area contributed by atoms with Gasteiger partial charge in [0.05, 0.1) is 18.5 Å². The molecule has 0 unspecified atom stereocenters. The number of carbonyl (C=O) groups excluding carboxylic acids is 1. The number of aromatic nitrogens is 2. The average molecular weight is 240 g/mol. The van der Waals surface area contributed by atoms with Gasteiger partial charge in [-0.25, -0.2) is 0 Å². The van der Waals surface area contributed by atoms with Crippen LogP contribution in [-0.4, -0.2) is 44.9 Å². The van der Waals surface area contributed by atoms with Gasteiger partial charge in [-0.3, -0.25) is 9.48 Å². The van der Waals surface area contributed by atoms with E-state index in [-0.39, 0.29) is 18.6 Å². The lowest BCUT2D eigenvalue weighted by molar-refractivity contribution is 0.0654. The van der Waals surface area contributed by atoms with E-state index in [4.69, 9.17) is 10.8 Å². The van der Waals surface area contributed by atoms with Crippen molar-refractivity contribution in [1.82, 2.24) is 14.7 Å². The zero-order chi connectivity index (χ0) is 13.0. The first-order valence-electron chi connectivity index (χ1n) is 5.76. The molecule has 0 aliphatic carbocycles. The van der Waals surface area contributed by atoms with E-state index in [9.17, 15) is 4.79 Å². The van der Waals surface area contributed by atoms with Gasteiger partial charge in [0.1, 0.15) is 5.69 Å². The van der Waals surface area contributed by atoms with Crippen molar-refractivity contribution < 1.29 is 9.90 Å². The molecule has 0 spiro atoms. The van der Waals surface area contributed by atoms with Gasteiger partial charge in [0.2, 0.25) is 0 Å². The summed E-state index contributed by atoms with van der Waals surface area (Å²) < 4.78 is 1.57. The summed E-state index contributed by atoms with van der Waals surface area (Å²) in [5.41, 5.74) is 6.53. The van der Waals surface area contributed by atoms with Crippen molar-refractivity contribution >= 4 is 11.6 Å². The summed E-state index contributed by atoms with van der Waals surface area (Å²) in [6.07, 6.45) is 1.48. The van der Waals surface area contributed by atoms with Gasteiger partial charge in [0.25, 0.3) is 5.91 Å². The average Bonchev–Trinajstić information content (AvgIpc) is 2.66. The van der Waals surface area contributed by atoms with Crippen LogP contribution in [0.2, 0.25) is 0 Å². The van der Waals surface area contributed by atoms with Crippen LogP contribution in [-0.2, 0) is 6.54 Å². The third-order valence-corrected chi connectivity index (χ3v) is 2.59. The van der Waals surface area contributed by atoms with E-state index in [1.165, 1.54) is 6.20 Å². The second kappa shape index (κ2) is 5.67. The van der Waals surface area contributed by atoms with Crippen molar-refractivity contribution in [2.24, 2.45) is 0 Å². The minimum atomic E-state index is -0.189. The number of aliphatic hydroxyl groups is 1. The molecule has 6 nitrogen and oxygen atoms in total. The van der Waals surface area contributed by atoms with Crippen molar-refractivity contribution in [1.29, 1.82) is 0 Å². The fraction of sp³-hybridized carbons (Fsp3) is 0.636. The Balaban J connectivity index is 3.04. The molecule has 0 saturated carbocycles. The zero-order valence-electron chi connectivity index (χ0n) is 10.6. The summed E-state index contributed by atoms with van der Waals surface area (Å²) in [7, 11) is 0. The number of amides is 1. The number of nitrogens with zero attached hydrogens (tertiary/aromatic N) is 3. The first-order valence-corrected chi connectivity index (χ1v) is 5.76. The summed E-state index contributed by atoms with van der Waals surface area (Å²) in [5.74, 6) is -0.189. The topological polar surface area (TPSA) is 84.4 Å². The van der Waals surface area contributed by atoms with Crippen molar-refractivity contribution in [2.75, 3.05) is 18.9 Å². The van der Waals surface area contributed by atoms with Gasteiger partial charge < -0.3 is 15.7 Å². The zero-order valence-corrected chi connectivity index (χ0v) is 10.6. The Labute approximate surface area is 101 Å². The Morgan fingerprint density at radius 1 is 1.65 bits per heavy atom. The Kier molecular flexibility index (Phi) is 4.51. The van der Waals surface area contributed by atoms with Crippen LogP contribution in [0.15, 0.2) is 6.20 Å². The lowest BCUT2D eigenvalue weighted by Crippen LogP contribution is -2.40. The largest absolute Gasteiger partial charge is 0.396 e. The van der Waals surface area contributed by atoms with Gasteiger partial charge in [0, 0.05) is 19.1 Å². The van der Waals surface area contributed by atoms with Gasteiger partial charge in [-0.05, 0) is 20.8 Å². The Bertz CT molecular complexity index is 387. The lowest BCUT2D eigenvalue weighted by Gasteiger charge is -2.26. The Morgan fingerprint density at radius 3 is 2.76 bits per heavy atom. The molecular formula is C11H20N4O2. The first kappa shape index (κ1) is 13.5.